The normalized spacial score (nSPS) is 28.1. The van der Waals surface area contributed by atoms with Crippen LogP contribution in [0.4, 0.5) is 0 Å². The van der Waals surface area contributed by atoms with Crippen LogP contribution in [-0.2, 0) is 4.79 Å². The van der Waals surface area contributed by atoms with Gasteiger partial charge in [0.2, 0.25) is 5.91 Å². The zero-order valence-corrected chi connectivity index (χ0v) is 12.1. The van der Waals surface area contributed by atoms with Crippen LogP contribution in [0.3, 0.4) is 0 Å². The van der Waals surface area contributed by atoms with Gasteiger partial charge in [0.25, 0.3) is 0 Å². The van der Waals surface area contributed by atoms with Gasteiger partial charge in [-0.3, -0.25) is 4.79 Å². The maximum atomic E-state index is 11.1. The first kappa shape index (κ1) is 15.4. The second-order valence-corrected chi connectivity index (χ2v) is 6.29. The summed E-state index contributed by atoms with van der Waals surface area (Å²) in [6, 6.07) is 0.700. The number of primary amides is 1. The monoisotopic (exact) mass is 255 g/mol. The lowest BCUT2D eigenvalue weighted by molar-refractivity contribution is -0.122. The van der Waals surface area contributed by atoms with Crippen molar-refractivity contribution in [1.82, 2.24) is 4.90 Å². The highest BCUT2D eigenvalue weighted by Crippen LogP contribution is 2.26. The Morgan fingerprint density at radius 1 is 1.44 bits per heavy atom. The van der Waals surface area contributed by atoms with Gasteiger partial charge in [0, 0.05) is 6.04 Å². The molecule has 18 heavy (non-hydrogen) atoms. The minimum Gasteiger partial charge on any atom is -0.368 e. The van der Waals surface area contributed by atoms with E-state index in [1.807, 2.05) is 0 Å². The van der Waals surface area contributed by atoms with Crippen LogP contribution >= 0.6 is 0 Å². The zero-order chi connectivity index (χ0) is 13.8. The molecule has 1 saturated carbocycles. The highest BCUT2D eigenvalue weighted by molar-refractivity contribution is 5.83. The summed E-state index contributed by atoms with van der Waals surface area (Å²) in [5.74, 6) is 0.438. The average Bonchev–Trinajstić information content (AvgIpc) is 2.28. The molecule has 1 aliphatic carbocycles. The van der Waals surface area contributed by atoms with Gasteiger partial charge in [0.15, 0.2) is 0 Å². The fraction of sp³-hybridized carbons (Fsp3) is 0.929. The molecule has 4 heteroatoms. The average molecular weight is 255 g/mol. The molecule has 0 heterocycles. The van der Waals surface area contributed by atoms with E-state index in [0.29, 0.717) is 12.5 Å². The van der Waals surface area contributed by atoms with Crippen molar-refractivity contribution >= 4 is 5.91 Å². The Morgan fingerprint density at radius 3 is 2.67 bits per heavy atom. The molecule has 106 valence electrons. The third kappa shape index (κ3) is 4.58. The lowest BCUT2D eigenvalue weighted by Gasteiger charge is -2.34. The first-order valence-corrected chi connectivity index (χ1v) is 7.12. The zero-order valence-electron chi connectivity index (χ0n) is 12.1. The Hall–Kier alpha value is -0.610. The van der Waals surface area contributed by atoms with E-state index in [1.165, 1.54) is 25.7 Å². The summed E-state index contributed by atoms with van der Waals surface area (Å²) in [4.78, 5) is 13.5. The topological polar surface area (TPSA) is 72.3 Å². The first-order chi connectivity index (χ1) is 8.33. The van der Waals surface area contributed by atoms with E-state index in [4.69, 9.17) is 11.5 Å². The quantitative estimate of drug-likeness (QED) is 0.755. The molecular weight excluding hydrogens is 226 g/mol. The third-order valence-electron chi connectivity index (χ3n) is 4.30. The van der Waals surface area contributed by atoms with Crippen LogP contribution < -0.4 is 11.5 Å². The molecule has 4 nitrogen and oxygen atoms in total. The van der Waals surface area contributed by atoms with Crippen LogP contribution in [0.5, 0.6) is 0 Å². The van der Waals surface area contributed by atoms with Gasteiger partial charge in [-0.15, -0.1) is 0 Å². The molecule has 0 saturated heterocycles. The van der Waals surface area contributed by atoms with E-state index in [1.54, 1.807) is 6.92 Å². The van der Waals surface area contributed by atoms with Crippen LogP contribution in [0.2, 0.25) is 0 Å². The molecule has 0 aromatic heterocycles. The van der Waals surface area contributed by atoms with Crippen LogP contribution in [0.15, 0.2) is 0 Å². The van der Waals surface area contributed by atoms with E-state index in [2.05, 4.69) is 18.9 Å². The van der Waals surface area contributed by atoms with E-state index in [0.717, 1.165) is 18.9 Å². The SMILES string of the molecule is CC1CCCC(N(C)CCCC(C)(N)C(N)=O)C1. The first-order valence-electron chi connectivity index (χ1n) is 7.12. The van der Waals surface area contributed by atoms with Crippen LogP contribution in [0, 0.1) is 5.92 Å². The predicted octanol–water partition coefficient (Wildman–Crippen LogP) is 1.48. The van der Waals surface area contributed by atoms with E-state index < -0.39 is 11.4 Å². The van der Waals surface area contributed by atoms with Crippen LogP contribution in [0.1, 0.15) is 52.4 Å². The Kier molecular flexibility index (Phi) is 5.60. The molecule has 1 fully saturated rings. The van der Waals surface area contributed by atoms with Crippen molar-refractivity contribution < 1.29 is 4.79 Å². The van der Waals surface area contributed by atoms with Gasteiger partial charge in [-0.1, -0.05) is 19.8 Å². The molecule has 0 spiro atoms. The lowest BCUT2D eigenvalue weighted by atomic mass is 9.86. The van der Waals surface area contributed by atoms with Crippen molar-refractivity contribution in [2.45, 2.75) is 64.0 Å². The second kappa shape index (κ2) is 6.53. The summed E-state index contributed by atoms with van der Waals surface area (Å²) in [6.07, 6.45) is 6.90. The van der Waals surface area contributed by atoms with E-state index in [-0.39, 0.29) is 0 Å². The van der Waals surface area contributed by atoms with Gasteiger partial charge in [-0.05, 0) is 52.1 Å². The summed E-state index contributed by atoms with van der Waals surface area (Å²) in [7, 11) is 2.18. The fourth-order valence-corrected chi connectivity index (χ4v) is 2.80. The molecule has 1 aliphatic rings. The standard InChI is InChI=1S/C14H29N3O/c1-11-6-4-7-12(10-11)17(3)9-5-8-14(2,16)13(15)18/h11-12H,4-10,16H2,1-3H3,(H2,15,18). The molecule has 1 amide bonds. The van der Waals surface area contributed by atoms with Gasteiger partial charge in [0.05, 0.1) is 5.54 Å². The van der Waals surface area contributed by atoms with Crippen LogP contribution in [-0.4, -0.2) is 36.0 Å². The van der Waals surface area contributed by atoms with Gasteiger partial charge in [-0.25, -0.2) is 0 Å². The number of nitrogens with zero attached hydrogens (tertiary/aromatic N) is 1. The highest BCUT2D eigenvalue weighted by Gasteiger charge is 2.26. The number of amides is 1. The van der Waals surface area contributed by atoms with E-state index >= 15 is 0 Å². The van der Waals surface area contributed by atoms with Crippen molar-refractivity contribution in [2.24, 2.45) is 17.4 Å². The largest absolute Gasteiger partial charge is 0.368 e. The molecule has 3 unspecified atom stereocenters. The Bertz CT molecular complexity index is 278. The predicted molar refractivity (Wildman–Crippen MR) is 75.1 cm³/mol. The summed E-state index contributed by atoms with van der Waals surface area (Å²) >= 11 is 0. The molecule has 0 aliphatic heterocycles. The van der Waals surface area contributed by atoms with Crippen molar-refractivity contribution in [3.8, 4) is 0 Å². The Labute approximate surface area is 111 Å². The minimum atomic E-state index is -0.860. The molecular formula is C14H29N3O. The van der Waals surface area contributed by atoms with Crippen molar-refractivity contribution in [1.29, 1.82) is 0 Å². The highest BCUT2D eigenvalue weighted by atomic mass is 16.1. The second-order valence-electron chi connectivity index (χ2n) is 6.29. The summed E-state index contributed by atoms with van der Waals surface area (Å²) in [5.41, 5.74) is 10.3. The Balaban J connectivity index is 2.28. The molecule has 0 bridgehead atoms. The third-order valence-corrected chi connectivity index (χ3v) is 4.30. The lowest BCUT2D eigenvalue weighted by Crippen LogP contribution is -2.49. The smallest absolute Gasteiger partial charge is 0.237 e. The van der Waals surface area contributed by atoms with Gasteiger partial charge < -0.3 is 16.4 Å². The number of hydrogen-bond acceptors (Lipinski definition) is 3. The van der Waals surface area contributed by atoms with Gasteiger partial charge in [-0.2, -0.15) is 0 Å². The number of nitrogens with two attached hydrogens (primary N) is 2. The van der Waals surface area contributed by atoms with Gasteiger partial charge in [0.1, 0.15) is 0 Å². The molecule has 0 aromatic carbocycles. The number of hydrogen-bond donors (Lipinski definition) is 2. The molecule has 4 N–H and O–H groups in total. The van der Waals surface area contributed by atoms with Gasteiger partial charge >= 0.3 is 0 Å². The molecule has 0 aromatic rings. The van der Waals surface area contributed by atoms with Crippen LogP contribution in [0.25, 0.3) is 0 Å². The van der Waals surface area contributed by atoms with Crippen molar-refractivity contribution in [3.63, 3.8) is 0 Å². The maximum absolute atomic E-state index is 11.1. The number of rotatable bonds is 6. The molecule has 0 radical (unpaired) electrons. The number of carbonyl (C=O) groups excluding carboxylic acids is 1. The van der Waals surface area contributed by atoms with E-state index in [9.17, 15) is 4.79 Å². The van der Waals surface area contributed by atoms with Crippen molar-refractivity contribution in [3.05, 3.63) is 0 Å². The van der Waals surface area contributed by atoms with Crippen molar-refractivity contribution in [2.75, 3.05) is 13.6 Å². The minimum absolute atomic E-state index is 0.406. The maximum Gasteiger partial charge on any atom is 0.237 e. The summed E-state index contributed by atoms with van der Waals surface area (Å²) in [6.45, 7) is 5.06. The summed E-state index contributed by atoms with van der Waals surface area (Å²) in [5, 5.41) is 0. The fourth-order valence-electron chi connectivity index (χ4n) is 2.80. The molecule has 3 atom stereocenters. The Morgan fingerprint density at radius 2 is 2.11 bits per heavy atom. The summed E-state index contributed by atoms with van der Waals surface area (Å²) < 4.78 is 0. The number of carbonyl (C=O) groups is 1. The molecule has 1 rings (SSSR count).